The summed E-state index contributed by atoms with van der Waals surface area (Å²) < 4.78 is 3.00. The van der Waals surface area contributed by atoms with Crippen molar-refractivity contribution in [2.24, 2.45) is 0 Å². The second kappa shape index (κ2) is 8.62. The molecule has 0 aliphatic carbocycles. The van der Waals surface area contributed by atoms with E-state index in [0.29, 0.717) is 35.8 Å². The monoisotopic (exact) mass is 485 g/mol. The van der Waals surface area contributed by atoms with E-state index in [1.54, 1.807) is 35.9 Å². The Bertz CT molecular complexity index is 1570. The number of hydrogen-bond acceptors (Lipinski definition) is 6. The molecule has 1 fully saturated rings. The zero-order valence-electron chi connectivity index (χ0n) is 19.1. The first kappa shape index (κ1) is 21.5. The average molecular weight is 486 g/mol. The molecule has 5 aromatic rings. The summed E-state index contributed by atoms with van der Waals surface area (Å²) in [4.78, 5) is 35.1. The number of benzene rings is 1. The second-order valence-corrected chi connectivity index (χ2v) is 9.56. The van der Waals surface area contributed by atoms with Crippen LogP contribution in [0.4, 0.5) is 0 Å². The van der Waals surface area contributed by atoms with E-state index in [1.807, 2.05) is 30.0 Å². The van der Waals surface area contributed by atoms with E-state index in [-0.39, 0.29) is 17.4 Å². The third-order valence-corrected chi connectivity index (χ3v) is 7.56. The normalized spacial score (nSPS) is 14.6. The number of carbonyl (C=O) groups is 1. The molecule has 1 amide bonds. The van der Waals surface area contributed by atoms with Crippen LogP contribution in [0, 0.1) is 6.92 Å². The molecule has 1 aliphatic rings. The lowest BCUT2D eigenvalue weighted by molar-refractivity contribution is 0.0712. The minimum absolute atomic E-state index is 0.0549. The number of piperidine rings is 1. The predicted octanol–water partition coefficient (Wildman–Crippen LogP) is 3.66. The fraction of sp³-hybridized carbons (Fsp3) is 0.240. The minimum Gasteiger partial charge on any atom is -0.338 e. The van der Waals surface area contributed by atoms with E-state index in [4.69, 9.17) is 4.98 Å². The van der Waals surface area contributed by atoms with Gasteiger partial charge in [0.25, 0.3) is 11.5 Å². The van der Waals surface area contributed by atoms with Gasteiger partial charge in [-0.2, -0.15) is 5.10 Å². The smallest absolute Gasteiger partial charge is 0.276 e. The number of likely N-dealkylation sites (tertiary alicyclic amines) is 1. The molecular weight excluding hydrogens is 462 g/mol. The Kier molecular flexibility index (Phi) is 5.29. The van der Waals surface area contributed by atoms with Gasteiger partial charge >= 0.3 is 0 Å². The number of aromatic amines is 1. The Morgan fingerprint density at radius 3 is 2.71 bits per heavy atom. The molecule has 6 rings (SSSR count). The topological polar surface area (TPSA) is 101 Å². The van der Waals surface area contributed by atoms with Crippen LogP contribution in [0.5, 0.6) is 0 Å². The van der Waals surface area contributed by atoms with Crippen molar-refractivity contribution in [3.63, 3.8) is 0 Å². The summed E-state index contributed by atoms with van der Waals surface area (Å²) in [5, 5.41) is 12.0. The fourth-order valence-electron chi connectivity index (χ4n) is 4.58. The maximum absolute atomic E-state index is 13.3. The Labute approximate surface area is 204 Å². The molecule has 5 heterocycles. The lowest BCUT2D eigenvalue weighted by atomic mass is 9.97. The van der Waals surface area contributed by atoms with Crippen molar-refractivity contribution in [3.05, 3.63) is 86.9 Å². The molecule has 1 N–H and O–H groups in total. The molecule has 0 radical (unpaired) electrons. The maximum Gasteiger partial charge on any atom is 0.276 e. The zero-order chi connectivity index (χ0) is 23.9. The molecule has 0 atom stereocenters. The molecule has 0 unspecified atom stereocenters. The first-order valence-electron chi connectivity index (χ1n) is 11.5. The van der Waals surface area contributed by atoms with Gasteiger partial charge in [-0.1, -0.05) is 30.3 Å². The number of carbonyl (C=O) groups excluding carboxylic acids is 1. The van der Waals surface area contributed by atoms with Crippen molar-refractivity contribution >= 4 is 22.8 Å². The van der Waals surface area contributed by atoms with E-state index in [2.05, 4.69) is 32.7 Å². The molecule has 0 saturated carbocycles. The lowest BCUT2D eigenvalue weighted by Crippen LogP contribution is -2.38. The molecule has 0 spiro atoms. The summed E-state index contributed by atoms with van der Waals surface area (Å²) in [7, 11) is 0. The van der Waals surface area contributed by atoms with Gasteiger partial charge < -0.3 is 4.90 Å². The van der Waals surface area contributed by atoms with Crippen molar-refractivity contribution in [3.8, 4) is 17.2 Å². The Balaban J connectivity index is 1.16. The van der Waals surface area contributed by atoms with Crippen LogP contribution in [0.1, 0.15) is 39.8 Å². The van der Waals surface area contributed by atoms with Crippen LogP contribution in [0.3, 0.4) is 0 Å². The highest BCUT2D eigenvalue weighted by Gasteiger charge is 2.28. The van der Waals surface area contributed by atoms with Gasteiger partial charge in [0, 0.05) is 36.1 Å². The van der Waals surface area contributed by atoms with Gasteiger partial charge in [0.2, 0.25) is 5.95 Å². The van der Waals surface area contributed by atoms with Gasteiger partial charge in [0.15, 0.2) is 0 Å². The standard InChI is InChI=1S/C25H23N7O2S/c1-16-19(14-26-32(16)25-28-22(33)21-8-5-11-31(21)29-25)24(34)30-12-9-18(10-13-30)23-27-20(15-35-23)17-6-3-2-4-7-17/h2-8,11,14-15,18H,9-10,12-13H2,1H3,(H,28,29,33). The van der Waals surface area contributed by atoms with Crippen LogP contribution < -0.4 is 5.56 Å². The predicted molar refractivity (Wildman–Crippen MR) is 133 cm³/mol. The third kappa shape index (κ3) is 3.85. The maximum atomic E-state index is 13.3. The molecule has 1 aromatic carbocycles. The van der Waals surface area contributed by atoms with Crippen LogP contribution in [0.25, 0.3) is 22.7 Å². The highest BCUT2D eigenvalue weighted by atomic mass is 32.1. The SMILES string of the molecule is Cc1c(C(=O)N2CCC(c3nc(-c4ccccc4)cs3)CC2)cnn1-c1nn2cccc2c(=O)[nH]1. The number of thiazole rings is 1. The number of nitrogens with zero attached hydrogens (tertiary/aromatic N) is 6. The Morgan fingerprint density at radius 1 is 1.11 bits per heavy atom. The fourth-order valence-corrected chi connectivity index (χ4v) is 5.58. The number of nitrogens with one attached hydrogen (secondary N) is 1. The van der Waals surface area contributed by atoms with Gasteiger partial charge in [0.05, 0.1) is 28.2 Å². The molecule has 0 bridgehead atoms. The molecule has 10 heteroatoms. The summed E-state index contributed by atoms with van der Waals surface area (Å²) in [6, 6.07) is 13.6. The summed E-state index contributed by atoms with van der Waals surface area (Å²) in [6.45, 7) is 3.14. The van der Waals surface area contributed by atoms with Gasteiger partial charge in [-0.25, -0.2) is 14.2 Å². The molecular formula is C25H23N7O2S. The molecule has 176 valence electrons. The van der Waals surface area contributed by atoms with Crippen LogP contribution in [-0.4, -0.2) is 53.3 Å². The Hall–Kier alpha value is -4.05. The first-order valence-corrected chi connectivity index (χ1v) is 12.4. The number of fused-ring (bicyclic) bond motifs is 1. The van der Waals surface area contributed by atoms with Crippen molar-refractivity contribution in [1.82, 2.24) is 34.3 Å². The van der Waals surface area contributed by atoms with Crippen LogP contribution in [-0.2, 0) is 0 Å². The van der Waals surface area contributed by atoms with Crippen LogP contribution in [0.15, 0.2) is 65.0 Å². The van der Waals surface area contributed by atoms with Crippen molar-refractivity contribution in [2.45, 2.75) is 25.7 Å². The molecule has 35 heavy (non-hydrogen) atoms. The van der Waals surface area contributed by atoms with Crippen LogP contribution >= 0.6 is 11.3 Å². The van der Waals surface area contributed by atoms with E-state index in [1.165, 1.54) is 9.20 Å². The number of H-pyrrole nitrogens is 1. The summed E-state index contributed by atoms with van der Waals surface area (Å²) in [5.74, 6) is 0.570. The number of aromatic nitrogens is 6. The van der Waals surface area contributed by atoms with Crippen LogP contribution in [0.2, 0.25) is 0 Å². The van der Waals surface area contributed by atoms with Gasteiger partial charge in [-0.15, -0.1) is 16.4 Å². The van der Waals surface area contributed by atoms with Crippen molar-refractivity contribution < 1.29 is 4.79 Å². The highest BCUT2D eigenvalue weighted by molar-refractivity contribution is 7.10. The van der Waals surface area contributed by atoms with Crippen molar-refractivity contribution in [2.75, 3.05) is 13.1 Å². The van der Waals surface area contributed by atoms with Crippen molar-refractivity contribution in [1.29, 1.82) is 0 Å². The highest BCUT2D eigenvalue weighted by Crippen LogP contribution is 2.33. The molecule has 9 nitrogen and oxygen atoms in total. The number of rotatable bonds is 4. The van der Waals surface area contributed by atoms with E-state index in [0.717, 1.165) is 29.1 Å². The van der Waals surface area contributed by atoms with Gasteiger partial charge in [-0.05, 0) is 31.9 Å². The summed E-state index contributed by atoms with van der Waals surface area (Å²) in [6.07, 6.45) is 5.00. The van der Waals surface area contributed by atoms with E-state index >= 15 is 0 Å². The third-order valence-electron chi connectivity index (χ3n) is 6.55. The quantitative estimate of drug-likeness (QED) is 0.419. The van der Waals surface area contributed by atoms with Gasteiger partial charge in [0.1, 0.15) is 5.52 Å². The number of amides is 1. The molecule has 1 saturated heterocycles. The van der Waals surface area contributed by atoms with Gasteiger partial charge in [-0.3, -0.25) is 14.6 Å². The molecule has 1 aliphatic heterocycles. The summed E-state index contributed by atoms with van der Waals surface area (Å²) >= 11 is 1.70. The average Bonchev–Trinajstić information content (AvgIpc) is 3.64. The minimum atomic E-state index is -0.262. The number of hydrogen-bond donors (Lipinski definition) is 1. The lowest BCUT2D eigenvalue weighted by Gasteiger charge is -2.31. The largest absolute Gasteiger partial charge is 0.338 e. The van der Waals surface area contributed by atoms with E-state index < -0.39 is 0 Å². The second-order valence-electron chi connectivity index (χ2n) is 8.67. The molecule has 4 aromatic heterocycles. The first-order chi connectivity index (χ1) is 17.1. The summed E-state index contributed by atoms with van der Waals surface area (Å²) in [5.41, 5.74) is 3.48. The Morgan fingerprint density at radius 2 is 1.91 bits per heavy atom. The van der Waals surface area contributed by atoms with E-state index in [9.17, 15) is 9.59 Å². The zero-order valence-corrected chi connectivity index (χ0v) is 19.9.